The van der Waals surface area contributed by atoms with Crippen molar-refractivity contribution < 1.29 is 33.3 Å². The second-order valence-corrected chi connectivity index (χ2v) is 7.87. The Morgan fingerprint density at radius 2 is 1.84 bits per heavy atom. The number of carbonyl (C=O) groups excluding carboxylic acids is 3. The van der Waals surface area contributed by atoms with Gasteiger partial charge in [0.05, 0.1) is 17.5 Å². The van der Waals surface area contributed by atoms with E-state index in [-0.39, 0.29) is 12.5 Å². The minimum atomic E-state index is -1.26. The van der Waals surface area contributed by atoms with Crippen LogP contribution in [0.25, 0.3) is 11.0 Å². The molecule has 0 saturated carbocycles. The second-order valence-electron chi connectivity index (χ2n) is 7.87. The van der Waals surface area contributed by atoms with Gasteiger partial charge in [0.1, 0.15) is 17.7 Å². The minimum absolute atomic E-state index is 0.193. The summed E-state index contributed by atoms with van der Waals surface area (Å²) < 4.78 is 24.6. The number of nitrogens with zero attached hydrogens (tertiary/aromatic N) is 2. The number of fused-ring (bicyclic) bond motifs is 1. The van der Waals surface area contributed by atoms with Crippen molar-refractivity contribution in [2.75, 3.05) is 12.3 Å². The van der Waals surface area contributed by atoms with Gasteiger partial charge in [0, 0.05) is 20.8 Å². The highest BCUT2D eigenvalue weighted by atomic mass is 16.7. The van der Waals surface area contributed by atoms with Crippen LogP contribution in [0.3, 0.4) is 0 Å². The van der Waals surface area contributed by atoms with E-state index in [0.717, 1.165) is 0 Å². The molecule has 1 aliphatic heterocycles. The molecule has 0 amide bonds. The van der Waals surface area contributed by atoms with Gasteiger partial charge in [-0.2, -0.15) is 0 Å². The summed E-state index contributed by atoms with van der Waals surface area (Å²) in [6.45, 7) is 7.28. The van der Waals surface area contributed by atoms with E-state index in [1.54, 1.807) is 22.8 Å². The SMILES string of the molecule is CC(=O)OC[C@@]1(C(C)C)O[C@@H](n2cnc3c(N)cccc32)C(OC(C)=O)C1OC(C)=O. The molecule has 1 aromatic carbocycles. The minimum Gasteiger partial charge on any atom is -0.463 e. The van der Waals surface area contributed by atoms with Gasteiger partial charge in [0.2, 0.25) is 0 Å². The first-order valence-electron chi connectivity index (χ1n) is 9.93. The largest absolute Gasteiger partial charge is 0.463 e. The number of ether oxygens (including phenoxy) is 4. The Balaban J connectivity index is 2.16. The van der Waals surface area contributed by atoms with E-state index in [9.17, 15) is 14.4 Å². The molecule has 2 heterocycles. The normalized spacial score (nSPS) is 25.5. The Morgan fingerprint density at radius 3 is 2.42 bits per heavy atom. The average Bonchev–Trinajstić information content (AvgIpc) is 3.21. The van der Waals surface area contributed by atoms with Gasteiger partial charge in [0.15, 0.2) is 18.4 Å². The number of rotatable bonds is 6. The van der Waals surface area contributed by atoms with E-state index in [4.69, 9.17) is 24.7 Å². The molecule has 10 nitrogen and oxygen atoms in total. The molecule has 4 atom stereocenters. The van der Waals surface area contributed by atoms with Gasteiger partial charge in [-0.1, -0.05) is 19.9 Å². The highest BCUT2D eigenvalue weighted by Gasteiger charge is 2.62. The van der Waals surface area contributed by atoms with Crippen LogP contribution < -0.4 is 5.73 Å². The van der Waals surface area contributed by atoms with E-state index < -0.39 is 41.9 Å². The first kappa shape index (κ1) is 22.5. The lowest BCUT2D eigenvalue weighted by molar-refractivity contribution is -0.187. The first-order valence-corrected chi connectivity index (χ1v) is 9.93. The molecule has 1 saturated heterocycles. The van der Waals surface area contributed by atoms with Crippen LogP contribution in [0.2, 0.25) is 0 Å². The Hall–Kier alpha value is -3.14. The molecule has 2 aromatic rings. The fourth-order valence-electron chi connectivity index (χ4n) is 3.90. The summed E-state index contributed by atoms with van der Waals surface area (Å²) in [5, 5.41) is 0. The molecule has 31 heavy (non-hydrogen) atoms. The Labute approximate surface area is 179 Å². The summed E-state index contributed by atoms with van der Waals surface area (Å²) in [5.74, 6) is -1.96. The number of aromatic nitrogens is 2. The third-order valence-electron chi connectivity index (χ3n) is 5.38. The zero-order valence-corrected chi connectivity index (χ0v) is 18.2. The summed E-state index contributed by atoms with van der Waals surface area (Å²) in [4.78, 5) is 39.9. The van der Waals surface area contributed by atoms with Crippen molar-refractivity contribution >= 4 is 34.6 Å². The topological polar surface area (TPSA) is 132 Å². The number of hydrogen-bond acceptors (Lipinski definition) is 9. The highest BCUT2D eigenvalue weighted by Crippen LogP contribution is 2.46. The number of carbonyl (C=O) groups is 3. The van der Waals surface area contributed by atoms with Crippen molar-refractivity contribution in [1.29, 1.82) is 0 Å². The van der Waals surface area contributed by atoms with Crippen LogP contribution in [-0.2, 0) is 33.3 Å². The quantitative estimate of drug-likeness (QED) is 0.412. The van der Waals surface area contributed by atoms with Crippen molar-refractivity contribution in [2.24, 2.45) is 5.92 Å². The summed E-state index contributed by atoms with van der Waals surface area (Å²) in [6, 6.07) is 5.29. The average molecular weight is 433 g/mol. The Morgan fingerprint density at radius 1 is 1.16 bits per heavy atom. The highest BCUT2D eigenvalue weighted by molar-refractivity contribution is 5.87. The third-order valence-corrected chi connectivity index (χ3v) is 5.38. The molecule has 168 valence electrons. The molecule has 3 rings (SSSR count). The van der Waals surface area contributed by atoms with Gasteiger partial charge >= 0.3 is 17.9 Å². The van der Waals surface area contributed by atoms with Gasteiger partial charge in [-0.05, 0) is 18.1 Å². The number of esters is 3. The lowest BCUT2D eigenvalue weighted by Gasteiger charge is -2.36. The second kappa shape index (κ2) is 8.54. The van der Waals surface area contributed by atoms with Crippen LogP contribution in [0.4, 0.5) is 5.69 Å². The lowest BCUT2D eigenvalue weighted by atomic mass is 9.84. The maximum absolute atomic E-state index is 12.0. The van der Waals surface area contributed by atoms with Crippen molar-refractivity contribution in [2.45, 2.75) is 58.7 Å². The Kier molecular flexibility index (Phi) is 6.21. The fourth-order valence-corrected chi connectivity index (χ4v) is 3.90. The van der Waals surface area contributed by atoms with Crippen LogP contribution in [0.15, 0.2) is 24.5 Å². The van der Waals surface area contributed by atoms with Crippen molar-refractivity contribution in [3.05, 3.63) is 24.5 Å². The van der Waals surface area contributed by atoms with Gasteiger partial charge in [-0.3, -0.25) is 19.0 Å². The van der Waals surface area contributed by atoms with Crippen molar-refractivity contribution in [1.82, 2.24) is 9.55 Å². The standard InChI is InChI=1S/C21H27N3O7/c1-11(2)21(9-28-12(3)25)19(30-14(5)27)18(29-13(4)26)20(31-21)24-10-23-17-15(22)7-6-8-16(17)24/h6-8,10-11,18-20H,9,22H2,1-5H3/t18?,19?,20-,21+/m1/s1. The predicted molar refractivity (Wildman–Crippen MR) is 110 cm³/mol. The van der Waals surface area contributed by atoms with Gasteiger partial charge < -0.3 is 24.7 Å². The van der Waals surface area contributed by atoms with Crippen molar-refractivity contribution in [3.8, 4) is 0 Å². The van der Waals surface area contributed by atoms with Crippen LogP contribution in [0.5, 0.6) is 0 Å². The summed E-state index contributed by atoms with van der Waals surface area (Å²) in [5.41, 5.74) is 6.45. The van der Waals surface area contributed by atoms with E-state index >= 15 is 0 Å². The number of imidazole rings is 1. The third kappa shape index (κ3) is 4.20. The predicted octanol–water partition coefficient (Wildman–Crippen LogP) is 1.97. The van der Waals surface area contributed by atoms with E-state index in [1.807, 2.05) is 13.8 Å². The van der Waals surface area contributed by atoms with Crippen molar-refractivity contribution in [3.63, 3.8) is 0 Å². The monoisotopic (exact) mass is 433 g/mol. The van der Waals surface area contributed by atoms with Crippen LogP contribution in [0.1, 0.15) is 40.8 Å². The smallest absolute Gasteiger partial charge is 0.303 e. The molecule has 2 N–H and O–H groups in total. The molecule has 0 radical (unpaired) electrons. The summed E-state index contributed by atoms with van der Waals surface area (Å²) >= 11 is 0. The summed E-state index contributed by atoms with van der Waals surface area (Å²) in [6.07, 6.45) is -1.43. The molecule has 1 aromatic heterocycles. The van der Waals surface area contributed by atoms with E-state index in [0.29, 0.717) is 16.7 Å². The number of nitrogen functional groups attached to an aromatic ring is 1. The maximum Gasteiger partial charge on any atom is 0.303 e. The number of anilines is 1. The summed E-state index contributed by atoms with van der Waals surface area (Å²) in [7, 11) is 0. The Bertz CT molecular complexity index is 1000. The molecule has 0 aliphatic carbocycles. The molecule has 1 fully saturated rings. The molecular formula is C21H27N3O7. The number of nitrogens with two attached hydrogens (primary N) is 1. The molecule has 2 unspecified atom stereocenters. The van der Waals surface area contributed by atoms with Crippen LogP contribution in [0, 0.1) is 5.92 Å². The number of benzene rings is 1. The lowest BCUT2D eigenvalue weighted by Crippen LogP contribution is -2.53. The molecule has 10 heteroatoms. The fraction of sp³-hybridized carbons (Fsp3) is 0.524. The first-order chi connectivity index (χ1) is 14.6. The zero-order valence-electron chi connectivity index (χ0n) is 18.2. The number of hydrogen-bond donors (Lipinski definition) is 1. The molecule has 0 bridgehead atoms. The van der Waals surface area contributed by atoms with Crippen LogP contribution in [-0.4, -0.2) is 51.9 Å². The molecule has 1 aliphatic rings. The van der Waals surface area contributed by atoms with Crippen LogP contribution >= 0.6 is 0 Å². The van der Waals surface area contributed by atoms with Gasteiger partial charge in [0.25, 0.3) is 0 Å². The zero-order chi connectivity index (χ0) is 22.9. The van der Waals surface area contributed by atoms with E-state index in [1.165, 1.54) is 27.1 Å². The maximum atomic E-state index is 12.0. The van der Waals surface area contributed by atoms with Gasteiger partial charge in [-0.25, -0.2) is 4.98 Å². The van der Waals surface area contributed by atoms with E-state index in [2.05, 4.69) is 4.98 Å². The van der Waals surface area contributed by atoms with Gasteiger partial charge in [-0.15, -0.1) is 0 Å². The molecular weight excluding hydrogens is 406 g/mol. The number of para-hydroxylation sites is 1. The molecule has 0 spiro atoms.